The molecule has 0 bridgehead atoms. The average molecular weight is 441 g/mol. The fraction of sp³-hybridized carbons (Fsp3) is 0.571. The molecule has 2 rings (SSSR count). The predicted octanol–water partition coefficient (Wildman–Crippen LogP) is 3.71. The summed E-state index contributed by atoms with van der Waals surface area (Å²) in [6.45, 7) is 3.03. The van der Waals surface area contributed by atoms with Crippen molar-refractivity contribution in [1.29, 1.82) is 0 Å². The molecule has 0 aliphatic carbocycles. The first-order chi connectivity index (χ1) is 9.82. The van der Waals surface area contributed by atoms with Gasteiger partial charge in [-0.05, 0) is 59.8 Å². The smallest absolute Gasteiger partial charge is 0.244 e. The highest BCUT2D eigenvalue weighted by atomic mass is 79.9. The van der Waals surface area contributed by atoms with E-state index in [0.29, 0.717) is 11.0 Å². The summed E-state index contributed by atoms with van der Waals surface area (Å²) >= 11 is 6.74. The molecule has 0 spiro atoms. The van der Waals surface area contributed by atoms with Crippen LogP contribution in [0, 0.1) is 6.92 Å². The van der Waals surface area contributed by atoms with Gasteiger partial charge < -0.3 is 4.74 Å². The molecule has 1 unspecified atom stereocenters. The third-order valence-corrected chi connectivity index (χ3v) is 7.27. The lowest BCUT2D eigenvalue weighted by Gasteiger charge is -2.27. The van der Waals surface area contributed by atoms with Crippen molar-refractivity contribution >= 4 is 41.9 Å². The molecule has 7 heteroatoms. The zero-order valence-electron chi connectivity index (χ0n) is 12.1. The number of nitrogens with zero attached hydrogens (tertiary/aromatic N) is 1. The summed E-state index contributed by atoms with van der Waals surface area (Å²) in [5.41, 5.74) is 0.985. The van der Waals surface area contributed by atoms with Crippen LogP contribution in [0.25, 0.3) is 0 Å². The molecule has 0 N–H and O–H groups in total. The Bertz CT molecular complexity index is 613. The van der Waals surface area contributed by atoms with Gasteiger partial charge in [-0.3, -0.25) is 0 Å². The maximum atomic E-state index is 12.7. The van der Waals surface area contributed by atoms with Crippen molar-refractivity contribution in [2.45, 2.75) is 37.2 Å². The maximum Gasteiger partial charge on any atom is 0.244 e. The van der Waals surface area contributed by atoms with Gasteiger partial charge in [-0.15, -0.1) is 0 Å². The van der Waals surface area contributed by atoms with E-state index in [1.165, 1.54) is 4.31 Å². The number of halogens is 2. The number of rotatable bonds is 4. The van der Waals surface area contributed by atoms with Crippen molar-refractivity contribution in [1.82, 2.24) is 4.31 Å². The molecule has 1 saturated heterocycles. The molecule has 1 heterocycles. The molecule has 1 aliphatic rings. The van der Waals surface area contributed by atoms with Crippen molar-refractivity contribution in [3.63, 3.8) is 0 Å². The van der Waals surface area contributed by atoms with E-state index in [2.05, 4.69) is 31.9 Å². The third-order valence-electron chi connectivity index (χ3n) is 3.64. The monoisotopic (exact) mass is 439 g/mol. The summed E-state index contributed by atoms with van der Waals surface area (Å²) in [5.74, 6) is 0. The number of benzene rings is 1. The van der Waals surface area contributed by atoms with Gasteiger partial charge in [-0.25, -0.2) is 8.42 Å². The van der Waals surface area contributed by atoms with Gasteiger partial charge in [0.1, 0.15) is 0 Å². The van der Waals surface area contributed by atoms with Gasteiger partial charge in [-0.1, -0.05) is 15.9 Å². The molecule has 1 aliphatic heterocycles. The second kappa shape index (κ2) is 7.08. The van der Waals surface area contributed by atoms with Crippen molar-refractivity contribution in [3.8, 4) is 0 Å². The van der Waals surface area contributed by atoms with Gasteiger partial charge in [-0.2, -0.15) is 4.31 Å². The molecule has 4 nitrogen and oxygen atoms in total. The van der Waals surface area contributed by atoms with Crippen molar-refractivity contribution < 1.29 is 13.2 Å². The van der Waals surface area contributed by atoms with Crippen molar-refractivity contribution in [3.05, 3.63) is 26.6 Å². The van der Waals surface area contributed by atoms with E-state index in [4.69, 9.17) is 4.74 Å². The van der Waals surface area contributed by atoms with E-state index in [0.717, 1.165) is 35.9 Å². The fourth-order valence-corrected chi connectivity index (χ4v) is 5.17. The Labute approximate surface area is 143 Å². The number of likely N-dealkylation sites (N-methyl/N-ethyl adjacent to an activating group) is 1. The fourth-order valence-electron chi connectivity index (χ4n) is 2.33. The van der Waals surface area contributed by atoms with Crippen LogP contribution in [-0.2, 0) is 14.8 Å². The molecule has 1 aromatic rings. The lowest BCUT2D eigenvalue weighted by Crippen LogP contribution is -2.37. The maximum absolute atomic E-state index is 12.7. The zero-order chi connectivity index (χ0) is 15.6. The normalized spacial score (nSPS) is 20.0. The van der Waals surface area contributed by atoms with Gasteiger partial charge in [0, 0.05) is 29.1 Å². The van der Waals surface area contributed by atoms with Gasteiger partial charge in [0.05, 0.1) is 11.0 Å². The number of hydrogen-bond acceptors (Lipinski definition) is 3. The lowest BCUT2D eigenvalue weighted by atomic mass is 10.1. The first-order valence-corrected chi connectivity index (χ1v) is 9.88. The minimum absolute atomic E-state index is 0.00816. The second-order valence-corrected chi connectivity index (χ2v) is 9.03. The van der Waals surface area contributed by atoms with E-state index in [1.807, 2.05) is 13.0 Å². The Balaban J connectivity index is 2.22. The highest BCUT2D eigenvalue weighted by Gasteiger charge is 2.27. The van der Waals surface area contributed by atoms with Crippen LogP contribution in [0.2, 0.25) is 0 Å². The number of ether oxygens (including phenoxy) is 1. The summed E-state index contributed by atoms with van der Waals surface area (Å²) in [6.07, 6.45) is 3.06. The van der Waals surface area contributed by atoms with E-state index >= 15 is 0 Å². The lowest BCUT2D eigenvalue weighted by molar-refractivity contribution is 0.00858. The highest BCUT2D eigenvalue weighted by molar-refractivity contribution is 9.11. The van der Waals surface area contributed by atoms with Crippen LogP contribution in [0.4, 0.5) is 0 Å². The quantitative estimate of drug-likeness (QED) is 0.716. The van der Waals surface area contributed by atoms with Crippen LogP contribution < -0.4 is 0 Å². The van der Waals surface area contributed by atoms with Gasteiger partial charge in [0.25, 0.3) is 0 Å². The summed E-state index contributed by atoms with van der Waals surface area (Å²) in [5, 5.41) is 0. The first kappa shape index (κ1) is 17.4. The first-order valence-electron chi connectivity index (χ1n) is 6.86. The minimum Gasteiger partial charge on any atom is -0.377 e. The third kappa shape index (κ3) is 4.07. The number of aryl methyl sites for hydroxylation is 1. The van der Waals surface area contributed by atoms with Crippen LogP contribution >= 0.6 is 31.9 Å². The Morgan fingerprint density at radius 3 is 2.62 bits per heavy atom. The minimum atomic E-state index is -3.53. The Hall–Kier alpha value is 0.0500. The molecule has 21 heavy (non-hydrogen) atoms. The van der Waals surface area contributed by atoms with Gasteiger partial charge in [0.15, 0.2) is 0 Å². The van der Waals surface area contributed by atoms with E-state index in [-0.39, 0.29) is 11.0 Å². The Morgan fingerprint density at radius 2 is 2.00 bits per heavy atom. The van der Waals surface area contributed by atoms with Crippen molar-refractivity contribution in [2.75, 3.05) is 20.2 Å². The van der Waals surface area contributed by atoms with Crippen LogP contribution in [0.15, 0.2) is 26.0 Å². The molecular formula is C14H19Br2NO3S. The molecule has 0 saturated carbocycles. The van der Waals surface area contributed by atoms with Crippen LogP contribution in [0.1, 0.15) is 24.8 Å². The molecule has 0 amide bonds. The van der Waals surface area contributed by atoms with E-state index in [9.17, 15) is 8.42 Å². The van der Waals surface area contributed by atoms with Crippen LogP contribution in [-0.4, -0.2) is 39.0 Å². The zero-order valence-corrected chi connectivity index (χ0v) is 16.1. The van der Waals surface area contributed by atoms with Gasteiger partial charge in [0.2, 0.25) is 10.0 Å². The molecule has 118 valence electrons. The summed E-state index contributed by atoms with van der Waals surface area (Å²) in [6, 6.07) is 3.45. The SMILES string of the molecule is Cc1cc(Br)c(S(=O)(=O)N(C)CC2CCCCO2)cc1Br. The van der Waals surface area contributed by atoms with Gasteiger partial charge >= 0.3 is 0 Å². The summed E-state index contributed by atoms with van der Waals surface area (Å²) in [7, 11) is -1.93. The van der Waals surface area contributed by atoms with E-state index < -0.39 is 10.0 Å². The topological polar surface area (TPSA) is 46.6 Å². The number of sulfonamides is 1. The average Bonchev–Trinajstić information content (AvgIpc) is 2.43. The molecule has 0 aromatic heterocycles. The molecular weight excluding hydrogens is 422 g/mol. The number of hydrogen-bond donors (Lipinski definition) is 0. The Morgan fingerprint density at radius 1 is 1.29 bits per heavy atom. The van der Waals surface area contributed by atoms with Crippen LogP contribution in [0.3, 0.4) is 0 Å². The van der Waals surface area contributed by atoms with Crippen LogP contribution in [0.5, 0.6) is 0 Å². The molecule has 1 fully saturated rings. The summed E-state index contributed by atoms with van der Waals surface area (Å²) < 4.78 is 33.8. The van der Waals surface area contributed by atoms with Crippen molar-refractivity contribution in [2.24, 2.45) is 0 Å². The van der Waals surface area contributed by atoms with E-state index in [1.54, 1.807) is 13.1 Å². The largest absolute Gasteiger partial charge is 0.377 e. The standard InChI is InChI=1S/C14H19Br2NO3S/c1-10-7-13(16)14(8-12(10)15)21(18,19)17(2)9-11-5-3-4-6-20-11/h7-8,11H,3-6,9H2,1-2H3. The Kier molecular flexibility index (Phi) is 5.87. The second-order valence-electron chi connectivity index (χ2n) is 5.31. The predicted molar refractivity (Wildman–Crippen MR) is 90.0 cm³/mol. The summed E-state index contributed by atoms with van der Waals surface area (Å²) in [4.78, 5) is 0.276. The molecule has 0 radical (unpaired) electrons. The molecule has 1 atom stereocenters. The highest BCUT2D eigenvalue weighted by Crippen LogP contribution is 2.30. The molecule has 1 aromatic carbocycles.